The summed E-state index contributed by atoms with van der Waals surface area (Å²) in [5.41, 5.74) is 1.68. The van der Waals surface area contributed by atoms with Crippen LogP contribution >= 0.6 is 0 Å². The molecule has 7 nitrogen and oxygen atoms in total. The molecule has 0 saturated carbocycles. The third-order valence-corrected chi connectivity index (χ3v) is 2.78. The summed E-state index contributed by atoms with van der Waals surface area (Å²) < 4.78 is 1.80. The van der Waals surface area contributed by atoms with Gasteiger partial charge in [0, 0.05) is 25.1 Å². The molecular weight excluding hydrogens is 270 g/mol. The van der Waals surface area contributed by atoms with Crippen LogP contribution in [0, 0.1) is 0 Å². The van der Waals surface area contributed by atoms with E-state index >= 15 is 0 Å². The van der Waals surface area contributed by atoms with Crippen molar-refractivity contribution in [3.63, 3.8) is 0 Å². The number of carbonyl (C=O) groups is 2. The smallest absolute Gasteiger partial charge is 0.319 e. The number of likely N-dealkylation sites (N-methyl/N-ethyl adjacent to an activating group) is 1. The van der Waals surface area contributed by atoms with Crippen LogP contribution in [0.4, 0.5) is 10.5 Å². The molecule has 0 fully saturated rings. The number of benzene rings is 1. The molecule has 3 N–H and O–H groups in total. The first-order chi connectivity index (χ1) is 10.2. The van der Waals surface area contributed by atoms with E-state index < -0.39 is 6.03 Å². The van der Waals surface area contributed by atoms with Crippen molar-refractivity contribution >= 4 is 17.6 Å². The van der Waals surface area contributed by atoms with E-state index in [1.807, 2.05) is 30.5 Å². The topological polar surface area (TPSA) is 88.0 Å². The molecule has 2 rings (SSSR count). The highest BCUT2D eigenvalue weighted by molar-refractivity contribution is 5.92. The Morgan fingerprint density at radius 1 is 1.29 bits per heavy atom. The fourth-order valence-electron chi connectivity index (χ4n) is 1.75. The van der Waals surface area contributed by atoms with E-state index in [1.165, 1.54) is 7.05 Å². The van der Waals surface area contributed by atoms with Gasteiger partial charge in [-0.05, 0) is 23.8 Å². The fourth-order valence-corrected chi connectivity index (χ4v) is 1.75. The lowest BCUT2D eigenvalue weighted by atomic mass is 10.2. The third kappa shape index (κ3) is 4.64. The molecule has 0 bridgehead atoms. The Hall–Kier alpha value is -2.83. The standard InChI is InChI=1S/C14H17N5O2/c1-15-13(20)9-16-14(21)18-12-5-2-4-11(8-12)10-19-7-3-6-17-19/h2-8H,9-10H2,1H3,(H,15,20)(H2,16,18,21). The first-order valence-corrected chi connectivity index (χ1v) is 6.49. The quantitative estimate of drug-likeness (QED) is 0.760. The zero-order chi connectivity index (χ0) is 15.1. The van der Waals surface area contributed by atoms with Crippen molar-refractivity contribution in [3.05, 3.63) is 48.3 Å². The molecule has 2 aromatic rings. The van der Waals surface area contributed by atoms with Gasteiger partial charge in [-0.25, -0.2) is 4.79 Å². The summed E-state index contributed by atoms with van der Waals surface area (Å²) in [6.45, 7) is 0.567. The highest BCUT2D eigenvalue weighted by Crippen LogP contribution is 2.11. The molecule has 1 aromatic carbocycles. The molecule has 0 aliphatic carbocycles. The lowest BCUT2D eigenvalue weighted by Crippen LogP contribution is -2.37. The molecule has 0 spiro atoms. The van der Waals surface area contributed by atoms with Gasteiger partial charge in [-0.3, -0.25) is 9.48 Å². The van der Waals surface area contributed by atoms with Gasteiger partial charge in [-0.1, -0.05) is 12.1 Å². The molecule has 3 amide bonds. The Morgan fingerprint density at radius 2 is 2.14 bits per heavy atom. The molecule has 0 unspecified atom stereocenters. The van der Waals surface area contributed by atoms with Gasteiger partial charge in [-0.15, -0.1) is 0 Å². The van der Waals surface area contributed by atoms with Crippen LogP contribution in [-0.2, 0) is 11.3 Å². The maximum atomic E-state index is 11.6. The number of carbonyl (C=O) groups excluding carboxylic acids is 2. The lowest BCUT2D eigenvalue weighted by molar-refractivity contribution is -0.119. The van der Waals surface area contributed by atoms with Gasteiger partial charge in [0.15, 0.2) is 0 Å². The number of aromatic nitrogens is 2. The zero-order valence-corrected chi connectivity index (χ0v) is 11.7. The highest BCUT2D eigenvalue weighted by Gasteiger charge is 2.04. The fraction of sp³-hybridized carbons (Fsp3) is 0.214. The summed E-state index contributed by atoms with van der Waals surface area (Å²) in [5.74, 6) is -0.252. The van der Waals surface area contributed by atoms with Crippen LogP contribution in [0.25, 0.3) is 0 Å². The second kappa shape index (κ2) is 7.09. The van der Waals surface area contributed by atoms with Gasteiger partial charge in [0.1, 0.15) is 0 Å². The van der Waals surface area contributed by atoms with Crippen LogP contribution in [0.1, 0.15) is 5.56 Å². The molecule has 0 aliphatic heterocycles. The van der Waals surface area contributed by atoms with Gasteiger partial charge < -0.3 is 16.0 Å². The van der Waals surface area contributed by atoms with Crippen molar-refractivity contribution in [2.75, 3.05) is 18.9 Å². The lowest BCUT2D eigenvalue weighted by Gasteiger charge is -2.09. The minimum atomic E-state index is -0.421. The summed E-state index contributed by atoms with van der Waals surface area (Å²) >= 11 is 0. The van der Waals surface area contributed by atoms with Gasteiger partial charge in [-0.2, -0.15) is 5.10 Å². The number of anilines is 1. The summed E-state index contributed by atoms with van der Waals surface area (Å²) in [7, 11) is 1.51. The van der Waals surface area contributed by atoms with Gasteiger partial charge >= 0.3 is 6.03 Å². The van der Waals surface area contributed by atoms with Crippen LogP contribution in [-0.4, -0.2) is 35.3 Å². The molecule has 0 aliphatic rings. The largest absolute Gasteiger partial charge is 0.358 e. The second-order valence-electron chi connectivity index (χ2n) is 4.38. The predicted molar refractivity (Wildman–Crippen MR) is 78.9 cm³/mol. The molecule has 0 radical (unpaired) electrons. The van der Waals surface area contributed by atoms with E-state index in [2.05, 4.69) is 21.0 Å². The monoisotopic (exact) mass is 287 g/mol. The Balaban J connectivity index is 1.91. The summed E-state index contributed by atoms with van der Waals surface area (Å²) in [6.07, 6.45) is 3.59. The average Bonchev–Trinajstić information content (AvgIpc) is 2.98. The molecule has 21 heavy (non-hydrogen) atoms. The van der Waals surface area contributed by atoms with Crippen molar-refractivity contribution < 1.29 is 9.59 Å². The number of nitrogens with one attached hydrogen (secondary N) is 3. The molecule has 0 atom stereocenters. The summed E-state index contributed by atoms with van der Waals surface area (Å²) in [5, 5.41) is 11.7. The van der Waals surface area contributed by atoms with Crippen molar-refractivity contribution in [2.24, 2.45) is 0 Å². The molecule has 1 heterocycles. The Labute approximate surface area is 122 Å². The minimum Gasteiger partial charge on any atom is -0.358 e. The maximum absolute atomic E-state index is 11.6. The van der Waals surface area contributed by atoms with Gasteiger partial charge in [0.2, 0.25) is 5.91 Å². The van der Waals surface area contributed by atoms with Crippen molar-refractivity contribution in [1.29, 1.82) is 0 Å². The molecular formula is C14H17N5O2. The van der Waals surface area contributed by atoms with E-state index in [4.69, 9.17) is 0 Å². The Morgan fingerprint density at radius 3 is 2.86 bits per heavy atom. The second-order valence-corrected chi connectivity index (χ2v) is 4.38. The summed E-state index contributed by atoms with van der Waals surface area (Å²) in [4.78, 5) is 22.7. The normalized spacial score (nSPS) is 9.95. The predicted octanol–water partition coefficient (Wildman–Crippen LogP) is 0.799. The van der Waals surface area contributed by atoms with Crippen LogP contribution in [0.2, 0.25) is 0 Å². The number of amides is 3. The van der Waals surface area contributed by atoms with E-state index in [-0.39, 0.29) is 12.5 Å². The van der Waals surface area contributed by atoms with E-state index in [0.29, 0.717) is 12.2 Å². The van der Waals surface area contributed by atoms with E-state index in [9.17, 15) is 9.59 Å². The first kappa shape index (κ1) is 14.6. The Bertz CT molecular complexity index is 610. The molecule has 110 valence electrons. The van der Waals surface area contributed by atoms with Gasteiger partial charge in [0.05, 0.1) is 13.1 Å². The number of nitrogens with zero attached hydrogens (tertiary/aromatic N) is 2. The van der Waals surface area contributed by atoms with Crippen molar-refractivity contribution in [3.8, 4) is 0 Å². The van der Waals surface area contributed by atoms with Crippen molar-refractivity contribution in [1.82, 2.24) is 20.4 Å². The van der Waals surface area contributed by atoms with Crippen LogP contribution in [0.3, 0.4) is 0 Å². The number of rotatable bonds is 5. The Kier molecular flexibility index (Phi) is 4.92. The SMILES string of the molecule is CNC(=O)CNC(=O)Nc1cccc(Cn2cccn2)c1. The minimum absolute atomic E-state index is 0.0602. The van der Waals surface area contributed by atoms with E-state index in [1.54, 1.807) is 16.9 Å². The number of urea groups is 1. The first-order valence-electron chi connectivity index (χ1n) is 6.49. The third-order valence-electron chi connectivity index (χ3n) is 2.78. The van der Waals surface area contributed by atoms with E-state index in [0.717, 1.165) is 5.56 Å². The number of hydrogen-bond donors (Lipinski definition) is 3. The van der Waals surface area contributed by atoms with Crippen molar-refractivity contribution in [2.45, 2.75) is 6.54 Å². The van der Waals surface area contributed by atoms with Gasteiger partial charge in [0.25, 0.3) is 0 Å². The molecule has 0 saturated heterocycles. The highest BCUT2D eigenvalue weighted by atomic mass is 16.2. The molecule has 7 heteroatoms. The van der Waals surface area contributed by atoms with Crippen LogP contribution in [0.15, 0.2) is 42.7 Å². The maximum Gasteiger partial charge on any atom is 0.319 e. The van der Waals surface area contributed by atoms with Crippen LogP contribution in [0.5, 0.6) is 0 Å². The van der Waals surface area contributed by atoms with Crippen LogP contribution < -0.4 is 16.0 Å². The molecule has 1 aromatic heterocycles. The number of hydrogen-bond acceptors (Lipinski definition) is 3. The summed E-state index contributed by atoms with van der Waals surface area (Å²) in [6, 6.07) is 8.89. The average molecular weight is 287 g/mol. The zero-order valence-electron chi connectivity index (χ0n) is 11.7.